The Hall–Kier alpha value is -1.87. The van der Waals surface area contributed by atoms with Gasteiger partial charge in [0.2, 0.25) is 0 Å². The number of aryl methyl sites for hydroxylation is 1. The summed E-state index contributed by atoms with van der Waals surface area (Å²) in [6, 6.07) is 16.3. The van der Waals surface area contributed by atoms with Gasteiger partial charge in [0.15, 0.2) is 0 Å². The first kappa shape index (κ1) is 13.1. The number of nitrogens with zero attached hydrogens (tertiary/aromatic N) is 1. The molecule has 0 N–H and O–H groups in total. The molecule has 3 heteroatoms. The average Bonchev–Trinajstić information content (AvgIpc) is 2.46. The molecule has 1 heterocycles. The first-order valence-corrected chi connectivity index (χ1v) is 7.18. The molecule has 0 aliphatic heterocycles. The van der Waals surface area contributed by atoms with Crippen LogP contribution in [0.15, 0.2) is 53.0 Å². The summed E-state index contributed by atoms with van der Waals surface area (Å²) in [5.74, 6) is 0.848. The summed E-state index contributed by atoms with van der Waals surface area (Å²) in [6.45, 7) is 2.09. The lowest BCUT2D eigenvalue weighted by Gasteiger charge is -2.08. The summed E-state index contributed by atoms with van der Waals surface area (Å²) in [7, 11) is 1.67. The highest BCUT2D eigenvalue weighted by atomic mass is 79.9. The average molecular weight is 328 g/mol. The Morgan fingerprint density at radius 3 is 2.45 bits per heavy atom. The van der Waals surface area contributed by atoms with Crippen molar-refractivity contribution >= 4 is 26.8 Å². The maximum absolute atomic E-state index is 5.19. The smallest absolute Gasteiger partial charge is 0.118 e. The van der Waals surface area contributed by atoms with Gasteiger partial charge in [0.1, 0.15) is 5.75 Å². The zero-order valence-electron chi connectivity index (χ0n) is 11.4. The highest BCUT2D eigenvalue weighted by Crippen LogP contribution is 2.30. The van der Waals surface area contributed by atoms with Crippen LogP contribution in [-0.4, -0.2) is 12.1 Å². The zero-order valence-corrected chi connectivity index (χ0v) is 12.9. The summed E-state index contributed by atoms with van der Waals surface area (Å²) < 4.78 is 6.19. The van der Waals surface area contributed by atoms with Crippen LogP contribution in [0.5, 0.6) is 5.75 Å². The molecule has 0 fully saturated rings. The molecule has 100 valence electrons. The summed E-state index contributed by atoms with van der Waals surface area (Å²) in [4.78, 5) is 4.75. The van der Waals surface area contributed by atoms with E-state index >= 15 is 0 Å². The Morgan fingerprint density at radius 2 is 1.75 bits per heavy atom. The van der Waals surface area contributed by atoms with E-state index in [1.54, 1.807) is 7.11 Å². The lowest BCUT2D eigenvalue weighted by atomic mass is 10.1. The van der Waals surface area contributed by atoms with Gasteiger partial charge in [-0.25, -0.2) is 4.98 Å². The Labute approximate surface area is 126 Å². The van der Waals surface area contributed by atoms with Gasteiger partial charge >= 0.3 is 0 Å². The van der Waals surface area contributed by atoms with Crippen LogP contribution in [0.3, 0.4) is 0 Å². The fourth-order valence-electron chi connectivity index (χ4n) is 2.22. The van der Waals surface area contributed by atoms with Crippen molar-refractivity contribution in [1.29, 1.82) is 0 Å². The fraction of sp³-hybridized carbons (Fsp3) is 0.118. The Kier molecular flexibility index (Phi) is 3.45. The third-order valence-corrected chi connectivity index (χ3v) is 3.89. The second-order valence-electron chi connectivity index (χ2n) is 4.74. The van der Waals surface area contributed by atoms with E-state index in [2.05, 4.69) is 47.1 Å². The van der Waals surface area contributed by atoms with Gasteiger partial charge < -0.3 is 4.74 Å². The number of halogens is 1. The van der Waals surface area contributed by atoms with Gasteiger partial charge in [0.25, 0.3) is 0 Å². The molecule has 0 aliphatic rings. The molecule has 20 heavy (non-hydrogen) atoms. The van der Waals surface area contributed by atoms with Crippen LogP contribution in [0.4, 0.5) is 0 Å². The molecule has 0 spiro atoms. The molecule has 3 rings (SSSR count). The van der Waals surface area contributed by atoms with Crippen LogP contribution < -0.4 is 4.74 Å². The van der Waals surface area contributed by atoms with Crippen molar-refractivity contribution in [2.45, 2.75) is 6.92 Å². The van der Waals surface area contributed by atoms with E-state index in [0.29, 0.717) is 0 Å². The minimum atomic E-state index is 0.848. The van der Waals surface area contributed by atoms with E-state index in [0.717, 1.165) is 32.4 Å². The third-order valence-electron chi connectivity index (χ3n) is 3.29. The summed E-state index contributed by atoms with van der Waals surface area (Å²) in [5.41, 5.74) is 4.26. The summed E-state index contributed by atoms with van der Waals surface area (Å²) in [6.07, 6.45) is 0. The molecular formula is C17H14BrNO. The number of benzene rings is 2. The van der Waals surface area contributed by atoms with Gasteiger partial charge in [0, 0.05) is 15.4 Å². The molecule has 0 unspecified atom stereocenters. The zero-order chi connectivity index (χ0) is 14.1. The van der Waals surface area contributed by atoms with Gasteiger partial charge in [-0.15, -0.1) is 0 Å². The van der Waals surface area contributed by atoms with Crippen LogP contribution >= 0.6 is 15.9 Å². The first-order chi connectivity index (χ1) is 9.67. The van der Waals surface area contributed by atoms with Gasteiger partial charge in [-0.05, 0) is 65.3 Å². The SMILES string of the molecule is COc1ccc(-c2nc3ccc(C)cc3cc2Br)cc1. The lowest BCUT2D eigenvalue weighted by molar-refractivity contribution is 0.415. The number of pyridine rings is 1. The van der Waals surface area contributed by atoms with E-state index in [-0.39, 0.29) is 0 Å². The molecular weight excluding hydrogens is 314 g/mol. The van der Waals surface area contributed by atoms with E-state index in [9.17, 15) is 0 Å². The molecule has 2 aromatic carbocycles. The Bertz CT molecular complexity index is 766. The number of ether oxygens (including phenoxy) is 1. The molecule has 0 aliphatic carbocycles. The molecule has 2 nitrogen and oxygen atoms in total. The maximum Gasteiger partial charge on any atom is 0.118 e. The highest BCUT2D eigenvalue weighted by Gasteiger charge is 2.07. The Balaban J connectivity index is 2.14. The van der Waals surface area contributed by atoms with E-state index in [1.807, 2.05) is 24.3 Å². The van der Waals surface area contributed by atoms with Gasteiger partial charge in [-0.3, -0.25) is 0 Å². The standard InChI is InChI=1S/C17H14BrNO/c1-11-3-8-16-13(9-11)10-15(18)17(19-16)12-4-6-14(20-2)7-5-12/h3-10H,1-2H3. The van der Waals surface area contributed by atoms with Gasteiger partial charge in [-0.1, -0.05) is 11.6 Å². The molecule has 1 aromatic heterocycles. The van der Waals surface area contributed by atoms with Crippen LogP contribution in [0.1, 0.15) is 5.56 Å². The normalized spacial score (nSPS) is 10.8. The van der Waals surface area contributed by atoms with Crippen molar-refractivity contribution in [2.24, 2.45) is 0 Å². The largest absolute Gasteiger partial charge is 0.497 e. The second-order valence-corrected chi connectivity index (χ2v) is 5.60. The van der Waals surface area contributed by atoms with Crippen molar-refractivity contribution in [3.8, 4) is 17.0 Å². The van der Waals surface area contributed by atoms with Crippen LogP contribution in [-0.2, 0) is 0 Å². The Morgan fingerprint density at radius 1 is 1.00 bits per heavy atom. The van der Waals surface area contributed by atoms with Crippen molar-refractivity contribution in [2.75, 3.05) is 7.11 Å². The number of aromatic nitrogens is 1. The maximum atomic E-state index is 5.19. The number of rotatable bonds is 2. The second kappa shape index (κ2) is 5.25. The molecule has 0 radical (unpaired) electrons. The van der Waals surface area contributed by atoms with Crippen molar-refractivity contribution in [3.05, 3.63) is 58.6 Å². The predicted molar refractivity (Wildman–Crippen MR) is 86.2 cm³/mol. The third kappa shape index (κ3) is 2.41. The van der Waals surface area contributed by atoms with Crippen LogP contribution in [0.25, 0.3) is 22.2 Å². The topological polar surface area (TPSA) is 22.1 Å². The highest BCUT2D eigenvalue weighted by molar-refractivity contribution is 9.10. The van der Waals surface area contributed by atoms with Gasteiger partial charge in [-0.2, -0.15) is 0 Å². The monoisotopic (exact) mass is 327 g/mol. The van der Waals surface area contributed by atoms with Crippen molar-refractivity contribution < 1.29 is 4.74 Å². The lowest BCUT2D eigenvalue weighted by Crippen LogP contribution is -1.89. The van der Waals surface area contributed by atoms with Gasteiger partial charge in [0.05, 0.1) is 18.3 Å². The fourth-order valence-corrected chi connectivity index (χ4v) is 2.79. The number of fused-ring (bicyclic) bond motifs is 1. The first-order valence-electron chi connectivity index (χ1n) is 6.39. The summed E-state index contributed by atoms with van der Waals surface area (Å²) >= 11 is 3.62. The minimum Gasteiger partial charge on any atom is -0.497 e. The van der Waals surface area contributed by atoms with Crippen molar-refractivity contribution in [3.63, 3.8) is 0 Å². The van der Waals surface area contributed by atoms with E-state index in [1.165, 1.54) is 5.56 Å². The number of hydrogen-bond donors (Lipinski definition) is 0. The predicted octanol–water partition coefficient (Wildman–Crippen LogP) is 4.98. The molecule has 0 atom stereocenters. The number of methoxy groups -OCH3 is 1. The summed E-state index contributed by atoms with van der Waals surface area (Å²) in [5, 5.41) is 1.15. The molecule has 0 bridgehead atoms. The van der Waals surface area contributed by atoms with E-state index < -0.39 is 0 Å². The molecule has 0 saturated carbocycles. The van der Waals surface area contributed by atoms with Crippen LogP contribution in [0, 0.1) is 6.92 Å². The molecule has 0 amide bonds. The van der Waals surface area contributed by atoms with Crippen LogP contribution in [0.2, 0.25) is 0 Å². The quantitative estimate of drug-likeness (QED) is 0.662. The van der Waals surface area contributed by atoms with E-state index in [4.69, 9.17) is 9.72 Å². The minimum absolute atomic E-state index is 0.848. The molecule has 0 saturated heterocycles. The molecule has 3 aromatic rings. The number of hydrogen-bond acceptors (Lipinski definition) is 2. The van der Waals surface area contributed by atoms with Crippen molar-refractivity contribution in [1.82, 2.24) is 4.98 Å².